The highest BCUT2D eigenvalue weighted by molar-refractivity contribution is 6.32. The van der Waals surface area contributed by atoms with Crippen molar-refractivity contribution < 1.29 is 28.9 Å². The molecule has 3 rings (SSSR count). The number of ether oxygens (including phenoxy) is 3. The number of carboxylic acid groups (broad SMARTS) is 1. The van der Waals surface area contributed by atoms with Gasteiger partial charge in [0, 0.05) is 18.5 Å². The van der Waals surface area contributed by atoms with Crippen molar-refractivity contribution >= 4 is 23.5 Å². The van der Waals surface area contributed by atoms with Crippen LogP contribution in [0.15, 0.2) is 36.4 Å². The standard InChI is InChI=1S/C19H18ClNO6/c20-15-7-12(8-16-18(15)26-6-2-5-25-16)10-21-19(24)13-3-1-4-14(9-13)27-11-17(22)23/h1,3-4,7-9H,2,5-6,10-11H2,(H,21,24)(H,22,23). The van der Waals surface area contributed by atoms with Gasteiger partial charge in [0.25, 0.3) is 5.91 Å². The normalized spacial score (nSPS) is 12.8. The lowest BCUT2D eigenvalue weighted by Gasteiger charge is -2.12. The fourth-order valence-corrected chi connectivity index (χ4v) is 2.83. The van der Waals surface area contributed by atoms with Gasteiger partial charge in [-0.15, -0.1) is 0 Å². The quantitative estimate of drug-likeness (QED) is 0.786. The van der Waals surface area contributed by atoms with Crippen molar-refractivity contribution in [3.05, 3.63) is 52.5 Å². The maximum atomic E-state index is 12.4. The molecule has 142 valence electrons. The summed E-state index contributed by atoms with van der Waals surface area (Å²) in [5, 5.41) is 11.9. The number of benzene rings is 2. The number of carbonyl (C=O) groups excluding carboxylic acids is 1. The summed E-state index contributed by atoms with van der Waals surface area (Å²) in [6.45, 7) is 0.863. The van der Waals surface area contributed by atoms with E-state index in [0.717, 1.165) is 12.0 Å². The molecule has 0 saturated heterocycles. The number of amides is 1. The van der Waals surface area contributed by atoms with Crippen molar-refractivity contribution in [2.24, 2.45) is 0 Å². The molecule has 0 unspecified atom stereocenters. The average molecular weight is 392 g/mol. The van der Waals surface area contributed by atoms with E-state index < -0.39 is 12.6 Å². The first kappa shape index (κ1) is 18.8. The van der Waals surface area contributed by atoms with Crippen molar-refractivity contribution in [1.82, 2.24) is 5.32 Å². The van der Waals surface area contributed by atoms with Gasteiger partial charge in [0.2, 0.25) is 0 Å². The van der Waals surface area contributed by atoms with Gasteiger partial charge >= 0.3 is 5.97 Å². The van der Waals surface area contributed by atoms with Gasteiger partial charge in [-0.2, -0.15) is 0 Å². The summed E-state index contributed by atoms with van der Waals surface area (Å²) in [7, 11) is 0. The molecule has 0 atom stereocenters. The third-order valence-corrected chi connectivity index (χ3v) is 4.05. The Labute approximate surface area is 160 Å². The van der Waals surface area contributed by atoms with Crippen molar-refractivity contribution in [3.63, 3.8) is 0 Å². The SMILES string of the molecule is O=C(O)COc1cccc(C(=O)NCc2cc(Cl)c3c(c2)OCCCO3)c1. The lowest BCUT2D eigenvalue weighted by molar-refractivity contribution is -0.139. The molecule has 0 bridgehead atoms. The van der Waals surface area contributed by atoms with Gasteiger partial charge in [0.05, 0.1) is 18.2 Å². The molecule has 0 saturated carbocycles. The van der Waals surface area contributed by atoms with Gasteiger partial charge in [-0.1, -0.05) is 17.7 Å². The third kappa shape index (κ3) is 5.04. The van der Waals surface area contributed by atoms with Gasteiger partial charge < -0.3 is 24.6 Å². The molecular formula is C19H18ClNO6. The maximum absolute atomic E-state index is 12.4. The summed E-state index contributed by atoms with van der Waals surface area (Å²) in [5.41, 5.74) is 1.13. The summed E-state index contributed by atoms with van der Waals surface area (Å²) < 4.78 is 16.3. The molecule has 0 fully saturated rings. The van der Waals surface area contributed by atoms with Gasteiger partial charge in [0.15, 0.2) is 18.1 Å². The lowest BCUT2D eigenvalue weighted by atomic mass is 10.1. The highest BCUT2D eigenvalue weighted by Gasteiger charge is 2.16. The smallest absolute Gasteiger partial charge is 0.341 e. The highest BCUT2D eigenvalue weighted by Crippen LogP contribution is 2.37. The molecule has 1 aliphatic heterocycles. The number of fused-ring (bicyclic) bond motifs is 1. The molecule has 0 spiro atoms. The second-order valence-electron chi connectivity index (χ2n) is 5.85. The van der Waals surface area contributed by atoms with Crippen molar-refractivity contribution in [2.45, 2.75) is 13.0 Å². The zero-order valence-corrected chi connectivity index (χ0v) is 15.1. The molecule has 8 heteroatoms. The Balaban J connectivity index is 1.65. The number of hydrogen-bond acceptors (Lipinski definition) is 5. The molecule has 0 radical (unpaired) electrons. The van der Waals surface area contributed by atoms with Crippen LogP contribution in [0.25, 0.3) is 0 Å². The number of nitrogens with one attached hydrogen (secondary N) is 1. The number of aliphatic carboxylic acids is 1. The monoisotopic (exact) mass is 391 g/mol. The molecular weight excluding hydrogens is 374 g/mol. The molecule has 0 aliphatic carbocycles. The molecule has 0 aromatic heterocycles. The minimum Gasteiger partial charge on any atom is -0.489 e. The van der Waals surface area contributed by atoms with E-state index in [9.17, 15) is 9.59 Å². The molecule has 2 aromatic carbocycles. The number of rotatable bonds is 6. The van der Waals surface area contributed by atoms with Crippen LogP contribution in [-0.2, 0) is 11.3 Å². The Kier molecular flexibility index (Phi) is 6.03. The van der Waals surface area contributed by atoms with E-state index >= 15 is 0 Å². The summed E-state index contributed by atoms with van der Waals surface area (Å²) in [4.78, 5) is 22.9. The minimum atomic E-state index is -1.09. The number of halogens is 1. The lowest BCUT2D eigenvalue weighted by Crippen LogP contribution is -2.23. The Hall–Kier alpha value is -2.93. The number of carbonyl (C=O) groups is 2. The summed E-state index contributed by atoms with van der Waals surface area (Å²) in [6.07, 6.45) is 0.775. The zero-order chi connectivity index (χ0) is 19.2. The third-order valence-electron chi connectivity index (χ3n) is 3.77. The largest absolute Gasteiger partial charge is 0.489 e. The predicted molar refractivity (Wildman–Crippen MR) is 97.8 cm³/mol. The van der Waals surface area contributed by atoms with Gasteiger partial charge in [0.1, 0.15) is 5.75 Å². The van der Waals surface area contributed by atoms with Crippen LogP contribution in [0.1, 0.15) is 22.3 Å². The first-order valence-corrected chi connectivity index (χ1v) is 8.71. The van der Waals surface area contributed by atoms with Gasteiger partial charge in [-0.3, -0.25) is 4.79 Å². The van der Waals surface area contributed by atoms with E-state index in [1.165, 1.54) is 6.07 Å². The van der Waals surface area contributed by atoms with E-state index in [-0.39, 0.29) is 12.5 Å². The Morgan fingerprint density at radius 3 is 2.81 bits per heavy atom. The average Bonchev–Trinajstić information content (AvgIpc) is 2.90. The van der Waals surface area contributed by atoms with Crippen LogP contribution in [0.5, 0.6) is 17.2 Å². The van der Waals surface area contributed by atoms with Crippen LogP contribution in [0.2, 0.25) is 5.02 Å². The second kappa shape index (κ2) is 8.64. The second-order valence-corrected chi connectivity index (χ2v) is 6.26. The van der Waals surface area contributed by atoms with Gasteiger partial charge in [-0.25, -0.2) is 4.79 Å². The van der Waals surface area contributed by atoms with E-state index in [4.69, 9.17) is 30.9 Å². The van der Waals surface area contributed by atoms with E-state index in [0.29, 0.717) is 41.0 Å². The maximum Gasteiger partial charge on any atom is 0.341 e. The van der Waals surface area contributed by atoms with E-state index in [1.807, 2.05) is 0 Å². The topological polar surface area (TPSA) is 94.1 Å². The fourth-order valence-electron chi connectivity index (χ4n) is 2.54. The first-order valence-electron chi connectivity index (χ1n) is 8.34. The van der Waals surface area contributed by atoms with Crippen LogP contribution in [0.3, 0.4) is 0 Å². The number of hydrogen-bond donors (Lipinski definition) is 2. The summed E-state index contributed by atoms with van der Waals surface area (Å²) >= 11 is 6.25. The molecule has 1 amide bonds. The van der Waals surface area contributed by atoms with Crippen LogP contribution >= 0.6 is 11.6 Å². The van der Waals surface area contributed by atoms with Crippen molar-refractivity contribution in [3.8, 4) is 17.2 Å². The van der Waals surface area contributed by atoms with Gasteiger partial charge in [-0.05, 0) is 35.9 Å². The van der Waals surface area contributed by atoms with E-state index in [2.05, 4.69) is 5.32 Å². The minimum absolute atomic E-state index is 0.245. The van der Waals surface area contributed by atoms with E-state index in [1.54, 1.807) is 30.3 Å². The molecule has 2 aromatic rings. The van der Waals surface area contributed by atoms with Crippen LogP contribution in [0.4, 0.5) is 0 Å². The molecule has 27 heavy (non-hydrogen) atoms. The van der Waals surface area contributed by atoms with Crippen molar-refractivity contribution in [2.75, 3.05) is 19.8 Å². The highest BCUT2D eigenvalue weighted by atomic mass is 35.5. The Bertz CT molecular complexity index is 854. The summed E-state index contributed by atoms with van der Waals surface area (Å²) in [6, 6.07) is 9.82. The first-order chi connectivity index (χ1) is 13.0. The molecule has 1 heterocycles. The predicted octanol–water partition coefficient (Wildman–Crippen LogP) is 2.89. The van der Waals surface area contributed by atoms with Crippen LogP contribution in [0, 0.1) is 0 Å². The molecule has 7 nitrogen and oxygen atoms in total. The summed E-state index contributed by atoms with van der Waals surface area (Å²) in [5.74, 6) is -0.0142. The Morgan fingerprint density at radius 2 is 2.00 bits per heavy atom. The van der Waals surface area contributed by atoms with Crippen molar-refractivity contribution in [1.29, 1.82) is 0 Å². The Morgan fingerprint density at radius 1 is 1.19 bits per heavy atom. The van der Waals surface area contributed by atoms with Crippen LogP contribution in [-0.4, -0.2) is 36.8 Å². The number of carboxylic acids is 1. The zero-order valence-electron chi connectivity index (χ0n) is 14.4. The van der Waals surface area contributed by atoms with Crippen LogP contribution < -0.4 is 19.5 Å². The molecule has 2 N–H and O–H groups in total. The molecule has 1 aliphatic rings. The fraction of sp³-hybridized carbons (Fsp3) is 0.263.